The molecule has 0 unspecified atom stereocenters. The molecule has 0 saturated heterocycles. The van der Waals surface area contributed by atoms with Crippen LogP contribution in [0.4, 0.5) is 0 Å². The number of nitrogens with two attached hydrogens (primary N) is 1. The summed E-state index contributed by atoms with van der Waals surface area (Å²) in [5.41, 5.74) is 6.64. The van der Waals surface area contributed by atoms with E-state index in [2.05, 4.69) is 5.32 Å². The van der Waals surface area contributed by atoms with Crippen molar-refractivity contribution in [3.63, 3.8) is 0 Å². The van der Waals surface area contributed by atoms with Crippen molar-refractivity contribution in [3.8, 4) is 0 Å². The Morgan fingerprint density at radius 2 is 1.94 bits per heavy atom. The Balaban J connectivity index is 2.45. The van der Waals surface area contributed by atoms with Crippen LogP contribution in [0.3, 0.4) is 0 Å². The van der Waals surface area contributed by atoms with Crippen molar-refractivity contribution in [2.45, 2.75) is 26.0 Å². The van der Waals surface area contributed by atoms with E-state index < -0.39 is 5.91 Å². The first-order valence-corrected chi connectivity index (χ1v) is 5.59. The number of hydrogen-bond donors (Lipinski definition) is 2. The fourth-order valence-corrected chi connectivity index (χ4v) is 1.37. The van der Waals surface area contributed by atoms with Crippen molar-refractivity contribution in [2.75, 3.05) is 13.7 Å². The summed E-state index contributed by atoms with van der Waals surface area (Å²) in [6.07, 6.45) is 0. The lowest BCUT2D eigenvalue weighted by Crippen LogP contribution is -2.36. The molecule has 0 fully saturated rings. The number of rotatable bonds is 6. The van der Waals surface area contributed by atoms with Crippen LogP contribution >= 0.6 is 0 Å². The van der Waals surface area contributed by atoms with Crippen LogP contribution in [0.5, 0.6) is 0 Å². The highest BCUT2D eigenvalue weighted by Crippen LogP contribution is 2.07. The number of benzene rings is 1. The summed E-state index contributed by atoms with van der Waals surface area (Å²) in [4.78, 5) is 10.9. The molecule has 0 radical (unpaired) electrons. The molecule has 94 valence electrons. The molecule has 1 aromatic rings. The van der Waals surface area contributed by atoms with Gasteiger partial charge in [0, 0.05) is 25.8 Å². The third-order valence-corrected chi connectivity index (χ3v) is 2.67. The van der Waals surface area contributed by atoms with Gasteiger partial charge in [-0.1, -0.05) is 12.1 Å². The molecule has 1 aromatic carbocycles. The summed E-state index contributed by atoms with van der Waals surface area (Å²) in [5.74, 6) is -0.398. The van der Waals surface area contributed by atoms with Gasteiger partial charge in [-0.15, -0.1) is 0 Å². The third kappa shape index (κ3) is 4.54. The molecule has 4 nitrogen and oxygen atoms in total. The lowest BCUT2D eigenvalue weighted by atomic mass is 10.1. The maximum atomic E-state index is 10.9. The molecule has 4 heteroatoms. The molecule has 0 aliphatic rings. The molecule has 0 aliphatic heterocycles. The van der Waals surface area contributed by atoms with E-state index in [-0.39, 0.29) is 5.60 Å². The molecular formula is C13H20N2O2. The van der Waals surface area contributed by atoms with Crippen molar-refractivity contribution < 1.29 is 9.53 Å². The summed E-state index contributed by atoms with van der Waals surface area (Å²) < 4.78 is 5.30. The van der Waals surface area contributed by atoms with Gasteiger partial charge in [0.05, 0.1) is 5.60 Å². The van der Waals surface area contributed by atoms with Crippen LogP contribution in [0.25, 0.3) is 0 Å². The molecule has 3 N–H and O–H groups in total. The standard InChI is InChI=1S/C13H20N2O2/c1-13(2,17-3)9-15-8-10-4-6-11(7-5-10)12(14)16/h4-7,15H,8-9H2,1-3H3,(H2,14,16). The van der Waals surface area contributed by atoms with Gasteiger partial charge in [0.1, 0.15) is 0 Å². The van der Waals surface area contributed by atoms with Gasteiger partial charge < -0.3 is 15.8 Å². The van der Waals surface area contributed by atoms with Crippen LogP contribution in [-0.4, -0.2) is 25.2 Å². The second-order valence-corrected chi connectivity index (χ2v) is 4.63. The zero-order valence-electron chi connectivity index (χ0n) is 10.6. The van der Waals surface area contributed by atoms with Crippen LogP contribution in [-0.2, 0) is 11.3 Å². The molecule has 1 amide bonds. The van der Waals surface area contributed by atoms with Crippen molar-refractivity contribution in [3.05, 3.63) is 35.4 Å². The Bertz CT molecular complexity index is 372. The first-order chi connectivity index (χ1) is 7.94. The smallest absolute Gasteiger partial charge is 0.248 e. The molecule has 0 aromatic heterocycles. The average Bonchev–Trinajstić information content (AvgIpc) is 2.29. The predicted molar refractivity (Wildman–Crippen MR) is 67.8 cm³/mol. The van der Waals surface area contributed by atoms with Gasteiger partial charge in [-0.25, -0.2) is 0 Å². The minimum atomic E-state index is -0.398. The lowest BCUT2D eigenvalue weighted by molar-refractivity contribution is 0.0230. The summed E-state index contributed by atoms with van der Waals surface area (Å²) >= 11 is 0. The number of carbonyl (C=O) groups excluding carboxylic acids is 1. The van der Waals surface area contributed by atoms with Gasteiger partial charge in [0.15, 0.2) is 0 Å². The Hall–Kier alpha value is -1.39. The highest BCUT2D eigenvalue weighted by Gasteiger charge is 2.14. The van der Waals surface area contributed by atoms with Crippen LogP contribution < -0.4 is 11.1 Å². The van der Waals surface area contributed by atoms with E-state index in [1.54, 1.807) is 19.2 Å². The van der Waals surface area contributed by atoms with Gasteiger partial charge >= 0.3 is 0 Å². The minimum Gasteiger partial charge on any atom is -0.377 e. The highest BCUT2D eigenvalue weighted by atomic mass is 16.5. The van der Waals surface area contributed by atoms with Crippen molar-refractivity contribution >= 4 is 5.91 Å². The van der Waals surface area contributed by atoms with Gasteiger partial charge in [-0.05, 0) is 31.5 Å². The molecule has 0 aliphatic carbocycles. The molecule has 1 rings (SSSR count). The van der Waals surface area contributed by atoms with Crippen LogP contribution in [0.1, 0.15) is 29.8 Å². The number of hydrogen-bond acceptors (Lipinski definition) is 3. The van der Waals surface area contributed by atoms with E-state index >= 15 is 0 Å². The summed E-state index contributed by atoms with van der Waals surface area (Å²) in [6, 6.07) is 7.27. The fraction of sp³-hybridized carbons (Fsp3) is 0.462. The summed E-state index contributed by atoms with van der Waals surface area (Å²) in [5, 5.41) is 3.30. The molecule has 0 saturated carbocycles. The molecule has 0 spiro atoms. The maximum absolute atomic E-state index is 10.9. The highest BCUT2D eigenvalue weighted by molar-refractivity contribution is 5.92. The molecular weight excluding hydrogens is 216 g/mol. The zero-order valence-corrected chi connectivity index (χ0v) is 10.6. The largest absolute Gasteiger partial charge is 0.377 e. The molecule has 0 bridgehead atoms. The first kappa shape index (κ1) is 13.7. The number of methoxy groups -OCH3 is 1. The van der Waals surface area contributed by atoms with Crippen molar-refractivity contribution in [1.29, 1.82) is 0 Å². The van der Waals surface area contributed by atoms with Crippen LogP contribution in [0, 0.1) is 0 Å². The maximum Gasteiger partial charge on any atom is 0.248 e. The number of primary amides is 1. The van der Waals surface area contributed by atoms with Gasteiger partial charge in [-0.2, -0.15) is 0 Å². The monoisotopic (exact) mass is 236 g/mol. The van der Waals surface area contributed by atoms with Gasteiger partial charge in [0.2, 0.25) is 5.91 Å². The fourth-order valence-electron chi connectivity index (χ4n) is 1.37. The summed E-state index contributed by atoms with van der Waals surface area (Å²) in [7, 11) is 1.70. The number of amides is 1. The molecule has 0 atom stereocenters. The second kappa shape index (κ2) is 5.80. The Kier molecular flexibility index (Phi) is 4.66. The van der Waals surface area contributed by atoms with Crippen LogP contribution in [0.15, 0.2) is 24.3 Å². The van der Waals surface area contributed by atoms with Crippen LogP contribution in [0.2, 0.25) is 0 Å². The van der Waals surface area contributed by atoms with E-state index in [0.29, 0.717) is 5.56 Å². The van der Waals surface area contributed by atoms with E-state index in [1.165, 1.54) is 0 Å². The Morgan fingerprint density at radius 1 is 1.35 bits per heavy atom. The zero-order chi connectivity index (χ0) is 12.9. The van der Waals surface area contributed by atoms with E-state index in [1.807, 2.05) is 26.0 Å². The van der Waals surface area contributed by atoms with Gasteiger partial charge in [-0.3, -0.25) is 4.79 Å². The van der Waals surface area contributed by atoms with E-state index in [9.17, 15) is 4.79 Å². The van der Waals surface area contributed by atoms with E-state index in [4.69, 9.17) is 10.5 Å². The summed E-state index contributed by atoms with van der Waals surface area (Å²) in [6.45, 7) is 5.55. The second-order valence-electron chi connectivity index (χ2n) is 4.63. The first-order valence-electron chi connectivity index (χ1n) is 5.59. The molecule has 17 heavy (non-hydrogen) atoms. The number of carbonyl (C=O) groups is 1. The Morgan fingerprint density at radius 3 is 2.41 bits per heavy atom. The minimum absolute atomic E-state index is 0.173. The Labute approximate surface area is 102 Å². The normalized spacial score (nSPS) is 11.5. The quantitative estimate of drug-likeness (QED) is 0.782. The molecule has 0 heterocycles. The topological polar surface area (TPSA) is 64.3 Å². The number of nitrogens with one attached hydrogen (secondary N) is 1. The number of ether oxygens (including phenoxy) is 1. The third-order valence-electron chi connectivity index (χ3n) is 2.67. The lowest BCUT2D eigenvalue weighted by Gasteiger charge is -2.23. The van der Waals surface area contributed by atoms with Crippen molar-refractivity contribution in [1.82, 2.24) is 5.32 Å². The SMILES string of the molecule is COC(C)(C)CNCc1ccc(C(N)=O)cc1. The predicted octanol–water partition coefficient (Wildman–Crippen LogP) is 1.30. The van der Waals surface area contributed by atoms with Gasteiger partial charge in [0.25, 0.3) is 0 Å². The average molecular weight is 236 g/mol. The van der Waals surface area contributed by atoms with Crippen molar-refractivity contribution in [2.24, 2.45) is 5.73 Å². The van der Waals surface area contributed by atoms with E-state index in [0.717, 1.165) is 18.7 Å².